The molecule has 1 aliphatic heterocycles. The summed E-state index contributed by atoms with van der Waals surface area (Å²) in [6.07, 6.45) is 5.05. The summed E-state index contributed by atoms with van der Waals surface area (Å²) < 4.78 is 16.6. The van der Waals surface area contributed by atoms with E-state index in [2.05, 4.69) is 55.4 Å². The van der Waals surface area contributed by atoms with Gasteiger partial charge in [0, 0.05) is 36.3 Å². The first-order chi connectivity index (χ1) is 18.8. The molecule has 1 aromatic carbocycles. The number of nitrogens with one attached hydrogen (secondary N) is 5. The first-order valence-electron chi connectivity index (χ1n) is 12.9. The van der Waals surface area contributed by atoms with Crippen LogP contribution in [-0.2, 0) is 4.79 Å². The lowest BCUT2D eigenvalue weighted by Gasteiger charge is -2.18. The number of benzene rings is 1. The Kier molecular flexibility index (Phi) is 7.41. The molecule has 1 saturated carbocycles. The van der Waals surface area contributed by atoms with Crippen molar-refractivity contribution in [3.8, 4) is 0 Å². The molecule has 4 amide bonds. The molecule has 3 heterocycles. The summed E-state index contributed by atoms with van der Waals surface area (Å²) in [7, 11) is 0. The van der Waals surface area contributed by atoms with Gasteiger partial charge in [-0.05, 0) is 50.2 Å². The number of halogens is 1. The Morgan fingerprint density at radius 1 is 1.21 bits per heavy atom. The van der Waals surface area contributed by atoms with Gasteiger partial charge < -0.3 is 26.2 Å². The third-order valence-corrected chi connectivity index (χ3v) is 6.55. The molecule has 2 aliphatic rings. The number of hydrogen-bond donors (Lipinski definition) is 5. The number of aromatic nitrogens is 3. The highest BCUT2D eigenvalue weighted by Crippen LogP contribution is 2.29. The first kappa shape index (κ1) is 26.1. The summed E-state index contributed by atoms with van der Waals surface area (Å²) >= 11 is 0. The molecule has 0 unspecified atom stereocenters. The van der Waals surface area contributed by atoms with Crippen LogP contribution in [0.15, 0.2) is 36.2 Å². The summed E-state index contributed by atoms with van der Waals surface area (Å²) in [5.41, 5.74) is 1.32. The quantitative estimate of drug-likeness (QED) is 0.186. The molecule has 3 aromatic rings. The largest absolute Gasteiger partial charge is 0.367 e. The molecular weight excluding hydrogens is 505 g/mol. The van der Waals surface area contributed by atoms with E-state index in [9.17, 15) is 14.4 Å². The first-order valence-corrected chi connectivity index (χ1v) is 12.9. The number of carbonyl (C=O) groups excluding carboxylic acids is 3. The maximum absolute atomic E-state index is 15.1. The van der Waals surface area contributed by atoms with Crippen molar-refractivity contribution >= 4 is 46.9 Å². The average Bonchev–Trinajstić information content (AvgIpc) is 3.55. The van der Waals surface area contributed by atoms with E-state index in [0.29, 0.717) is 35.4 Å². The third-order valence-electron chi connectivity index (χ3n) is 6.55. The number of nitrogens with zero attached hydrogens (tertiary/aromatic N) is 4. The van der Waals surface area contributed by atoms with Crippen LogP contribution in [0.3, 0.4) is 0 Å². The van der Waals surface area contributed by atoms with E-state index in [4.69, 9.17) is 0 Å². The number of rotatable bonds is 11. The molecule has 39 heavy (non-hydrogen) atoms. The van der Waals surface area contributed by atoms with Gasteiger partial charge in [0.25, 0.3) is 11.8 Å². The summed E-state index contributed by atoms with van der Waals surface area (Å²) in [4.78, 5) is 42.8. The number of anilines is 3. The van der Waals surface area contributed by atoms with Crippen molar-refractivity contribution in [3.63, 3.8) is 0 Å². The van der Waals surface area contributed by atoms with Gasteiger partial charge in [-0.3, -0.25) is 14.9 Å². The maximum Gasteiger partial charge on any atom is 0.326 e. The van der Waals surface area contributed by atoms with Gasteiger partial charge in [0.15, 0.2) is 5.65 Å². The second kappa shape index (κ2) is 11.1. The molecule has 0 spiro atoms. The molecule has 13 heteroatoms. The molecular formula is C26H30FN9O3. The van der Waals surface area contributed by atoms with Gasteiger partial charge in [0.1, 0.15) is 23.1 Å². The van der Waals surface area contributed by atoms with Crippen molar-refractivity contribution in [2.45, 2.75) is 32.7 Å². The van der Waals surface area contributed by atoms with Gasteiger partial charge in [-0.15, -0.1) is 0 Å². The smallest absolute Gasteiger partial charge is 0.326 e. The van der Waals surface area contributed by atoms with Crippen LogP contribution in [0.4, 0.5) is 26.5 Å². The minimum Gasteiger partial charge on any atom is -0.367 e. The predicted molar refractivity (Wildman–Crippen MR) is 144 cm³/mol. The summed E-state index contributed by atoms with van der Waals surface area (Å²) in [5.74, 6) is -0.529. The third kappa shape index (κ3) is 5.98. The minimum absolute atomic E-state index is 0.0729. The predicted octanol–water partition coefficient (Wildman–Crippen LogP) is 2.44. The molecule has 0 radical (unpaired) electrons. The van der Waals surface area contributed by atoms with Crippen LogP contribution in [0.5, 0.6) is 0 Å². The lowest BCUT2D eigenvalue weighted by Crippen LogP contribution is -2.34. The standard InChI is InChI=1S/C26H30FN9O3/c1-3-35(4-2)10-9-28-24(37)15-5-8-19(18(27)11-15)31-21-13-22(30-17-6-7-17)36-23(33-21)16(14-29-36)12-20-25(38)34-26(39)32-20/h5,8,11-14,17,30H,3-4,6-7,9-10H2,1-2H3,(H,28,37)(H,31,33)(H2,32,34,38,39)/b20-12-. The fourth-order valence-corrected chi connectivity index (χ4v) is 4.19. The second-order valence-electron chi connectivity index (χ2n) is 9.35. The van der Waals surface area contributed by atoms with Crippen LogP contribution in [-0.4, -0.2) is 69.6 Å². The molecule has 0 atom stereocenters. The molecule has 12 nitrogen and oxygen atoms in total. The van der Waals surface area contributed by atoms with E-state index in [1.807, 2.05) is 0 Å². The van der Waals surface area contributed by atoms with Gasteiger partial charge >= 0.3 is 6.03 Å². The van der Waals surface area contributed by atoms with E-state index < -0.39 is 17.8 Å². The van der Waals surface area contributed by atoms with Crippen LogP contribution in [0.1, 0.15) is 42.6 Å². The van der Waals surface area contributed by atoms with E-state index in [0.717, 1.165) is 32.5 Å². The van der Waals surface area contributed by atoms with Crippen molar-refractivity contribution in [2.24, 2.45) is 0 Å². The van der Waals surface area contributed by atoms with E-state index in [1.54, 1.807) is 16.6 Å². The van der Waals surface area contributed by atoms with Crippen molar-refractivity contribution in [1.82, 2.24) is 35.4 Å². The van der Waals surface area contributed by atoms with Crippen molar-refractivity contribution in [1.29, 1.82) is 0 Å². The van der Waals surface area contributed by atoms with Crippen LogP contribution in [0.25, 0.3) is 11.7 Å². The second-order valence-corrected chi connectivity index (χ2v) is 9.35. The molecule has 5 rings (SSSR count). The van der Waals surface area contributed by atoms with Crippen molar-refractivity contribution in [3.05, 3.63) is 53.1 Å². The number of fused-ring (bicyclic) bond motifs is 1. The van der Waals surface area contributed by atoms with Crippen LogP contribution in [0, 0.1) is 5.82 Å². The Morgan fingerprint density at radius 2 is 2.00 bits per heavy atom. The molecule has 1 saturated heterocycles. The Hall–Kier alpha value is -4.52. The zero-order valence-corrected chi connectivity index (χ0v) is 21.7. The van der Waals surface area contributed by atoms with Crippen LogP contribution in [0.2, 0.25) is 0 Å². The van der Waals surface area contributed by atoms with Gasteiger partial charge in [0.05, 0.1) is 11.9 Å². The molecule has 1 aliphatic carbocycles. The number of likely N-dealkylation sites (N-methyl/N-ethyl adjacent to an activating group) is 1. The minimum atomic E-state index is -0.606. The summed E-state index contributed by atoms with van der Waals surface area (Å²) in [6.45, 7) is 7.09. The fourth-order valence-electron chi connectivity index (χ4n) is 4.19. The number of imide groups is 1. The molecule has 2 aromatic heterocycles. The highest BCUT2D eigenvalue weighted by molar-refractivity contribution is 6.14. The summed E-state index contributed by atoms with van der Waals surface area (Å²) in [6, 6.07) is 5.64. The fraction of sp³-hybridized carbons (Fsp3) is 0.346. The van der Waals surface area contributed by atoms with E-state index in [-0.39, 0.29) is 22.9 Å². The number of hydrogen-bond acceptors (Lipinski definition) is 8. The lowest BCUT2D eigenvalue weighted by molar-refractivity contribution is -0.115. The van der Waals surface area contributed by atoms with E-state index in [1.165, 1.54) is 24.4 Å². The molecule has 0 bridgehead atoms. The van der Waals surface area contributed by atoms with Gasteiger partial charge in [-0.25, -0.2) is 14.2 Å². The Labute approximate surface area is 224 Å². The van der Waals surface area contributed by atoms with Gasteiger partial charge in [0.2, 0.25) is 0 Å². The van der Waals surface area contributed by atoms with Crippen LogP contribution >= 0.6 is 0 Å². The SMILES string of the molecule is CCN(CC)CCNC(=O)c1ccc(Nc2cc(NC3CC3)n3ncc(/C=C4\NC(=O)NC4=O)c3n2)c(F)c1. The van der Waals surface area contributed by atoms with Crippen molar-refractivity contribution in [2.75, 3.05) is 36.8 Å². The zero-order valence-electron chi connectivity index (χ0n) is 21.7. The Balaban J connectivity index is 1.37. The topological polar surface area (TPSA) is 145 Å². The average molecular weight is 536 g/mol. The highest BCUT2D eigenvalue weighted by atomic mass is 19.1. The van der Waals surface area contributed by atoms with Gasteiger partial charge in [-0.1, -0.05) is 13.8 Å². The summed E-state index contributed by atoms with van der Waals surface area (Å²) in [5, 5.41) is 18.2. The number of urea groups is 1. The van der Waals surface area contributed by atoms with Crippen molar-refractivity contribution < 1.29 is 18.8 Å². The Morgan fingerprint density at radius 3 is 2.67 bits per heavy atom. The number of carbonyl (C=O) groups is 3. The van der Waals surface area contributed by atoms with Crippen LogP contribution < -0.4 is 26.6 Å². The maximum atomic E-state index is 15.1. The number of amides is 4. The van der Waals surface area contributed by atoms with Gasteiger partial charge in [-0.2, -0.15) is 9.61 Å². The highest BCUT2D eigenvalue weighted by Gasteiger charge is 2.25. The monoisotopic (exact) mass is 535 g/mol. The zero-order chi connectivity index (χ0) is 27.5. The molecule has 5 N–H and O–H groups in total. The lowest BCUT2D eigenvalue weighted by atomic mass is 10.2. The van der Waals surface area contributed by atoms with E-state index >= 15 is 4.39 Å². The Bertz CT molecular complexity index is 1460. The molecule has 204 valence electrons. The molecule has 2 fully saturated rings. The normalized spacial score (nSPS) is 16.1.